The summed E-state index contributed by atoms with van der Waals surface area (Å²) in [7, 11) is 0. The Labute approximate surface area is 187 Å². The highest BCUT2D eigenvalue weighted by Gasteiger charge is 2.32. The van der Waals surface area contributed by atoms with Gasteiger partial charge in [-0.1, -0.05) is 48.5 Å². The van der Waals surface area contributed by atoms with E-state index >= 15 is 0 Å². The summed E-state index contributed by atoms with van der Waals surface area (Å²) in [6.45, 7) is 4.18. The standard InChI is InChI=1S/C26H28N2O2S/c1-17-21(18-6-3-2-4-7-18)8-5-9-22(17)25-27-23-14-15-28(16-24(23)31-25)20-12-10-19(11-13-20)26(29)30/h2-9,19-20H,10-16H2,1H3,(H,29,30). The Kier molecular flexibility index (Phi) is 5.63. The molecule has 0 spiro atoms. The number of hydrogen-bond acceptors (Lipinski definition) is 4. The van der Waals surface area contributed by atoms with Crippen molar-refractivity contribution in [2.24, 2.45) is 5.92 Å². The van der Waals surface area contributed by atoms with Crippen molar-refractivity contribution in [3.05, 3.63) is 64.7 Å². The van der Waals surface area contributed by atoms with Gasteiger partial charge in [-0.2, -0.15) is 0 Å². The number of benzene rings is 2. The number of nitrogens with zero attached hydrogens (tertiary/aromatic N) is 2. The first-order valence-corrected chi connectivity index (χ1v) is 12.0. The van der Waals surface area contributed by atoms with Crippen LogP contribution < -0.4 is 0 Å². The largest absolute Gasteiger partial charge is 0.481 e. The molecule has 2 aromatic carbocycles. The first-order chi connectivity index (χ1) is 15.1. The summed E-state index contributed by atoms with van der Waals surface area (Å²) < 4.78 is 0. The molecule has 1 aromatic heterocycles. The smallest absolute Gasteiger partial charge is 0.306 e. The quantitative estimate of drug-likeness (QED) is 0.567. The van der Waals surface area contributed by atoms with Crippen molar-refractivity contribution in [3.8, 4) is 21.7 Å². The maximum Gasteiger partial charge on any atom is 0.306 e. The number of carbonyl (C=O) groups is 1. The third-order valence-corrected chi connectivity index (χ3v) is 8.09. The van der Waals surface area contributed by atoms with Crippen LogP contribution in [0.5, 0.6) is 0 Å². The van der Waals surface area contributed by atoms with Gasteiger partial charge in [0.2, 0.25) is 0 Å². The van der Waals surface area contributed by atoms with E-state index in [1.807, 2.05) is 11.3 Å². The predicted molar refractivity (Wildman–Crippen MR) is 125 cm³/mol. The fourth-order valence-corrected chi connectivity index (χ4v) is 6.34. The van der Waals surface area contributed by atoms with Gasteiger partial charge >= 0.3 is 5.97 Å². The van der Waals surface area contributed by atoms with Gasteiger partial charge in [0.1, 0.15) is 5.01 Å². The van der Waals surface area contributed by atoms with Gasteiger partial charge in [0.05, 0.1) is 11.6 Å². The maximum atomic E-state index is 11.3. The minimum Gasteiger partial charge on any atom is -0.481 e. The van der Waals surface area contributed by atoms with Crippen LogP contribution in [0.3, 0.4) is 0 Å². The maximum absolute atomic E-state index is 11.3. The first-order valence-electron chi connectivity index (χ1n) is 11.2. The number of thiazole rings is 1. The lowest BCUT2D eigenvalue weighted by Crippen LogP contribution is -2.41. The summed E-state index contributed by atoms with van der Waals surface area (Å²) in [4.78, 5) is 20.3. The second-order valence-corrected chi connectivity index (χ2v) is 9.88. The molecule has 1 aliphatic carbocycles. The zero-order valence-electron chi connectivity index (χ0n) is 17.9. The Morgan fingerprint density at radius 1 is 1.03 bits per heavy atom. The molecular weight excluding hydrogens is 404 g/mol. The molecule has 0 atom stereocenters. The van der Waals surface area contributed by atoms with E-state index in [9.17, 15) is 9.90 Å². The van der Waals surface area contributed by atoms with Gasteiger partial charge in [-0.15, -0.1) is 11.3 Å². The fraction of sp³-hybridized carbons (Fsp3) is 0.385. The summed E-state index contributed by atoms with van der Waals surface area (Å²) in [5.41, 5.74) is 6.27. The van der Waals surface area contributed by atoms with Crippen LogP contribution in [-0.2, 0) is 17.8 Å². The molecule has 0 amide bonds. The van der Waals surface area contributed by atoms with E-state index in [0.717, 1.165) is 50.2 Å². The van der Waals surface area contributed by atoms with E-state index in [1.165, 1.54) is 32.8 Å². The number of hydrogen-bond donors (Lipinski definition) is 1. The molecule has 5 rings (SSSR count). The van der Waals surface area contributed by atoms with Crippen LogP contribution in [0, 0.1) is 12.8 Å². The zero-order chi connectivity index (χ0) is 21.4. The van der Waals surface area contributed by atoms with Crippen molar-refractivity contribution in [2.45, 2.75) is 51.6 Å². The van der Waals surface area contributed by atoms with Crippen molar-refractivity contribution in [1.29, 1.82) is 0 Å². The van der Waals surface area contributed by atoms with Crippen LogP contribution in [0.25, 0.3) is 21.7 Å². The molecule has 160 valence electrons. The summed E-state index contributed by atoms with van der Waals surface area (Å²) in [5.74, 6) is -0.772. The topological polar surface area (TPSA) is 53.4 Å². The van der Waals surface area contributed by atoms with Crippen molar-refractivity contribution in [3.63, 3.8) is 0 Å². The molecule has 4 nitrogen and oxygen atoms in total. The minimum atomic E-state index is -0.625. The van der Waals surface area contributed by atoms with Crippen molar-refractivity contribution >= 4 is 17.3 Å². The number of aliphatic carboxylic acids is 1. The normalized spacial score (nSPS) is 21.6. The molecule has 1 aliphatic heterocycles. The van der Waals surface area contributed by atoms with Gasteiger partial charge in [-0.05, 0) is 49.3 Å². The Bertz CT molecular complexity index is 1080. The van der Waals surface area contributed by atoms with Crippen LogP contribution in [0.4, 0.5) is 0 Å². The second-order valence-electron chi connectivity index (χ2n) is 8.80. The molecule has 0 bridgehead atoms. The third kappa shape index (κ3) is 4.04. The van der Waals surface area contributed by atoms with Crippen molar-refractivity contribution < 1.29 is 9.90 Å². The fourth-order valence-electron chi connectivity index (χ4n) is 5.13. The highest BCUT2D eigenvalue weighted by Crippen LogP contribution is 2.38. The molecule has 0 saturated heterocycles. The average Bonchev–Trinajstić information content (AvgIpc) is 3.23. The van der Waals surface area contributed by atoms with Crippen molar-refractivity contribution in [2.75, 3.05) is 6.54 Å². The van der Waals surface area contributed by atoms with Crippen LogP contribution in [0.15, 0.2) is 48.5 Å². The van der Waals surface area contributed by atoms with E-state index in [4.69, 9.17) is 4.98 Å². The van der Waals surface area contributed by atoms with E-state index in [0.29, 0.717) is 6.04 Å². The van der Waals surface area contributed by atoms with Gasteiger partial charge in [-0.25, -0.2) is 4.98 Å². The van der Waals surface area contributed by atoms with Crippen LogP contribution in [-0.4, -0.2) is 33.5 Å². The average molecular weight is 433 g/mol. The molecule has 31 heavy (non-hydrogen) atoms. The van der Waals surface area contributed by atoms with E-state index in [2.05, 4.69) is 60.4 Å². The molecular formula is C26H28N2O2S. The molecule has 2 aliphatic rings. The SMILES string of the molecule is Cc1c(-c2ccccc2)cccc1-c1nc2c(s1)CN(C1CCC(C(=O)O)CC1)CC2. The molecule has 5 heteroatoms. The molecule has 3 aromatic rings. The molecule has 0 radical (unpaired) electrons. The summed E-state index contributed by atoms with van der Waals surface area (Å²) in [6, 6.07) is 17.6. The first kappa shape index (κ1) is 20.4. The Morgan fingerprint density at radius 2 is 1.77 bits per heavy atom. The molecule has 0 unspecified atom stereocenters. The Morgan fingerprint density at radius 3 is 2.52 bits per heavy atom. The molecule has 1 saturated carbocycles. The van der Waals surface area contributed by atoms with Gasteiger partial charge in [0.25, 0.3) is 0 Å². The van der Waals surface area contributed by atoms with E-state index < -0.39 is 5.97 Å². The van der Waals surface area contributed by atoms with Gasteiger partial charge in [0.15, 0.2) is 0 Å². The van der Waals surface area contributed by atoms with Gasteiger partial charge < -0.3 is 5.11 Å². The second kappa shape index (κ2) is 8.56. The Balaban J connectivity index is 1.36. The third-order valence-electron chi connectivity index (χ3n) is 6.97. The van der Waals surface area contributed by atoms with E-state index in [-0.39, 0.29) is 5.92 Å². The molecule has 1 fully saturated rings. The monoisotopic (exact) mass is 432 g/mol. The molecule has 2 heterocycles. The number of rotatable bonds is 4. The summed E-state index contributed by atoms with van der Waals surface area (Å²) >= 11 is 1.83. The van der Waals surface area contributed by atoms with Crippen LogP contribution in [0.1, 0.15) is 41.8 Å². The number of carboxylic acids is 1. The molecule has 1 N–H and O–H groups in total. The predicted octanol–water partition coefficient (Wildman–Crippen LogP) is 5.79. The highest BCUT2D eigenvalue weighted by molar-refractivity contribution is 7.15. The lowest BCUT2D eigenvalue weighted by molar-refractivity contribution is -0.143. The summed E-state index contributed by atoms with van der Waals surface area (Å²) in [6.07, 6.45) is 4.60. The minimum absolute atomic E-state index is 0.147. The number of aromatic nitrogens is 1. The lowest BCUT2D eigenvalue weighted by atomic mass is 9.85. The van der Waals surface area contributed by atoms with Crippen molar-refractivity contribution in [1.82, 2.24) is 9.88 Å². The Hall–Kier alpha value is -2.50. The van der Waals surface area contributed by atoms with Gasteiger partial charge in [-0.3, -0.25) is 9.69 Å². The van der Waals surface area contributed by atoms with E-state index in [1.54, 1.807) is 0 Å². The van der Waals surface area contributed by atoms with Crippen LogP contribution >= 0.6 is 11.3 Å². The lowest BCUT2D eigenvalue weighted by Gasteiger charge is -2.37. The number of carboxylic acid groups (broad SMARTS) is 1. The number of fused-ring (bicyclic) bond motifs is 1. The zero-order valence-corrected chi connectivity index (χ0v) is 18.7. The van der Waals surface area contributed by atoms with Crippen LogP contribution in [0.2, 0.25) is 0 Å². The van der Waals surface area contributed by atoms with Gasteiger partial charge in [0, 0.05) is 36.0 Å². The highest BCUT2D eigenvalue weighted by atomic mass is 32.1. The summed E-state index contributed by atoms with van der Waals surface area (Å²) in [5, 5.41) is 10.4.